The molecule has 1 aliphatic rings. The second-order valence-electron chi connectivity index (χ2n) is 5.19. The van der Waals surface area contributed by atoms with Crippen LogP contribution in [-0.4, -0.2) is 32.7 Å². The zero-order valence-electron chi connectivity index (χ0n) is 12.4. The van der Waals surface area contributed by atoms with E-state index in [1.807, 2.05) is 0 Å². The number of carbonyl (C=O) groups excluding carboxylic acids is 1. The average molecular weight is 278 g/mol. The second kappa shape index (κ2) is 6.27. The third-order valence-electron chi connectivity index (χ3n) is 4.08. The Kier molecular flexibility index (Phi) is 4.65. The maximum atomic E-state index is 12.9. The highest BCUT2D eigenvalue weighted by molar-refractivity contribution is 6.03. The van der Waals surface area contributed by atoms with Crippen LogP contribution < -0.4 is 9.47 Å². The Hall–Kier alpha value is -1.55. The number of hydrogen-bond acceptors (Lipinski definition) is 4. The molecule has 0 aromatic heterocycles. The van der Waals surface area contributed by atoms with Crippen LogP contribution in [-0.2, 0) is 4.74 Å². The molecule has 110 valence electrons. The van der Waals surface area contributed by atoms with Gasteiger partial charge in [0.15, 0.2) is 5.78 Å². The van der Waals surface area contributed by atoms with Gasteiger partial charge in [-0.05, 0) is 25.0 Å². The Labute approximate surface area is 120 Å². The van der Waals surface area contributed by atoms with Gasteiger partial charge >= 0.3 is 0 Å². The first-order valence-corrected chi connectivity index (χ1v) is 6.98. The lowest BCUT2D eigenvalue weighted by Crippen LogP contribution is -2.42. The number of Topliss-reactive ketones (excluding diaryl/α,β-unsaturated/α-hetero) is 1. The Bertz CT molecular complexity index is 453. The van der Waals surface area contributed by atoms with E-state index in [1.54, 1.807) is 39.5 Å². The van der Waals surface area contributed by atoms with Crippen molar-refractivity contribution in [3.8, 4) is 11.5 Å². The fraction of sp³-hybridized carbons (Fsp3) is 0.562. The van der Waals surface area contributed by atoms with Crippen molar-refractivity contribution in [1.82, 2.24) is 0 Å². The third kappa shape index (κ3) is 2.80. The summed E-state index contributed by atoms with van der Waals surface area (Å²) >= 11 is 0. The average Bonchev–Trinajstić information content (AvgIpc) is 2.54. The van der Waals surface area contributed by atoms with Crippen molar-refractivity contribution < 1.29 is 19.0 Å². The van der Waals surface area contributed by atoms with E-state index >= 15 is 0 Å². The van der Waals surface area contributed by atoms with E-state index in [0.29, 0.717) is 17.1 Å². The van der Waals surface area contributed by atoms with Crippen molar-refractivity contribution in [1.29, 1.82) is 0 Å². The van der Waals surface area contributed by atoms with Crippen LogP contribution in [0, 0.1) is 0 Å². The maximum absolute atomic E-state index is 12.9. The zero-order valence-corrected chi connectivity index (χ0v) is 12.4. The van der Waals surface area contributed by atoms with Gasteiger partial charge in [-0.25, -0.2) is 0 Å². The van der Waals surface area contributed by atoms with Gasteiger partial charge < -0.3 is 14.2 Å². The molecule has 0 bridgehead atoms. The van der Waals surface area contributed by atoms with Gasteiger partial charge in [0.1, 0.15) is 17.1 Å². The van der Waals surface area contributed by atoms with Gasteiger partial charge in [-0.3, -0.25) is 4.79 Å². The minimum absolute atomic E-state index is 0.0249. The molecule has 1 fully saturated rings. The SMILES string of the molecule is COc1cc(OC)cc(C(=O)C2(OC)CCCCC2)c1. The monoisotopic (exact) mass is 278 g/mol. The third-order valence-corrected chi connectivity index (χ3v) is 4.08. The summed E-state index contributed by atoms with van der Waals surface area (Å²) < 4.78 is 16.1. The minimum atomic E-state index is -0.685. The molecule has 2 rings (SSSR count). The van der Waals surface area contributed by atoms with Crippen molar-refractivity contribution in [2.75, 3.05) is 21.3 Å². The van der Waals surface area contributed by atoms with Gasteiger partial charge in [-0.1, -0.05) is 19.3 Å². The molecule has 0 saturated heterocycles. The molecule has 1 aromatic carbocycles. The van der Waals surface area contributed by atoms with Crippen LogP contribution >= 0.6 is 0 Å². The summed E-state index contributed by atoms with van der Waals surface area (Å²) in [5, 5.41) is 0. The normalized spacial score (nSPS) is 17.6. The lowest BCUT2D eigenvalue weighted by Gasteiger charge is -2.34. The Morgan fingerprint density at radius 1 is 0.950 bits per heavy atom. The van der Waals surface area contributed by atoms with Gasteiger partial charge in [0.2, 0.25) is 0 Å². The predicted octanol–water partition coefficient (Wildman–Crippen LogP) is 3.24. The zero-order chi connectivity index (χ0) is 14.6. The van der Waals surface area contributed by atoms with Crippen LogP contribution in [0.3, 0.4) is 0 Å². The van der Waals surface area contributed by atoms with E-state index < -0.39 is 5.60 Å². The predicted molar refractivity (Wildman–Crippen MR) is 76.7 cm³/mol. The number of carbonyl (C=O) groups is 1. The summed E-state index contributed by atoms with van der Waals surface area (Å²) in [5.41, 5.74) is -0.0970. The molecular formula is C16H22O4. The summed E-state index contributed by atoms with van der Waals surface area (Å²) in [7, 11) is 4.78. The fourth-order valence-electron chi connectivity index (χ4n) is 2.85. The van der Waals surface area contributed by atoms with Gasteiger partial charge in [0, 0.05) is 18.7 Å². The fourth-order valence-corrected chi connectivity index (χ4v) is 2.85. The first-order valence-electron chi connectivity index (χ1n) is 6.98. The van der Waals surface area contributed by atoms with Crippen LogP contribution in [0.2, 0.25) is 0 Å². The molecule has 1 aliphatic carbocycles. The highest BCUT2D eigenvalue weighted by Crippen LogP contribution is 2.35. The van der Waals surface area contributed by atoms with E-state index in [0.717, 1.165) is 25.7 Å². The Balaban J connectivity index is 2.36. The number of methoxy groups -OCH3 is 3. The Morgan fingerprint density at radius 3 is 1.95 bits per heavy atom. The molecule has 20 heavy (non-hydrogen) atoms. The molecular weight excluding hydrogens is 256 g/mol. The van der Waals surface area contributed by atoms with Crippen LogP contribution in [0.1, 0.15) is 42.5 Å². The lowest BCUT2D eigenvalue weighted by molar-refractivity contribution is -0.0194. The summed E-state index contributed by atoms with van der Waals surface area (Å²) in [6.07, 6.45) is 4.78. The van der Waals surface area contributed by atoms with Gasteiger partial charge in [-0.2, -0.15) is 0 Å². The molecule has 1 saturated carbocycles. The molecule has 4 heteroatoms. The highest BCUT2D eigenvalue weighted by Gasteiger charge is 2.40. The van der Waals surface area contributed by atoms with E-state index in [9.17, 15) is 4.79 Å². The lowest BCUT2D eigenvalue weighted by atomic mass is 9.79. The first kappa shape index (κ1) is 14.9. The van der Waals surface area contributed by atoms with Crippen molar-refractivity contribution >= 4 is 5.78 Å². The van der Waals surface area contributed by atoms with E-state index in [4.69, 9.17) is 14.2 Å². The molecule has 4 nitrogen and oxygen atoms in total. The van der Waals surface area contributed by atoms with Gasteiger partial charge in [0.05, 0.1) is 14.2 Å². The molecule has 0 N–H and O–H groups in total. The first-order chi connectivity index (χ1) is 9.65. The van der Waals surface area contributed by atoms with Crippen LogP contribution in [0.25, 0.3) is 0 Å². The summed E-state index contributed by atoms with van der Waals surface area (Å²) in [6.45, 7) is 0. The number of rotatable bonds is 5. The van der Waals surface area contributed by atoms with Crippen molar-refractivity contribution in [2.45, 2.75) is 37.7 Å². The van der Waals surface area contributed by atoms with Crippen molar-refractivity contribution in [2.24, 2.45) is 0 Å². The van der Waals surface area contributed by atoms with E-state index in [1.165, 1.54) is 6.42 Å². The quantitative estimate of drug-likeness (QED) is 0.776. The number of ether oxygens (including phenoxy) is 3. The maximum Gasteiger partial charge on any atom is 0.194 e. The molecule has 0 heterocycles. The molecule has 0 atom stereocenters. The molecule has 0 unspecified atom stereocenters. The molecule has 0 radical (unpaired) electrons. The topological polar surface area (TPSA) is 44.8 Å². The Morgan fingerprint density at radius 2 is 1.50 bits per heavy atom. The number of benzene rings is 1. The van der Waals surface area contributed by atoms with Crippen LogP contribution in [0.5, 0.6) is 11.5 Å². The largest absolute Gasteiger partial charge is 0.497 e. The van der Waals surface area contributed by atoms with Crippen LogP contribution in [0.15, 0.2) is 18.2 Å². The molecule has 1 aromatic rings. The van der Waals surface area contributed by atoms with E-state index in [2.05, 4.69) is 0 Å². The van der Waals surface area contributed by atoms with E-state index in [-0.39, 0.29) is 5.78 Å². The van der Waals surface area contributed by atoms with Crippen molar-refractivity contribution in [3.63, 3.8) is 0 Å². The smallest absolute Gasteiger partial charge is 0.194 e. The standard InChI is InChI=1S/C16H22O4/c1-18-13-9-12(10-14(11-13)19-2)15(17)16(20-3)7-5-4-6-8-16/h9-11H,4-8H2,1-3H3. The molecule has 0 aliphatic heterocycles. The number of hydrogen-bond donors (Lipinski definition) is 0. The molecule has 0 spiro atoms. The summed E-state index contributed by atoms with van der Waals surface area (Å²) in [4.78, 5) is 12.9. The molecule has 0 amide bonds. The minimum Gasteiger partial charge on any atom is -0.497 e. The number of ketones is 1. The highest BCUT2D eigenvalue weighted by atomic mass is 16.5. The summed E-state index contributed by atoms with van der Waals surface area (Å²) in [5.74, 6) is 1.27. The summed E-state index contributed by atoms with van der Waals surface area (Å²) in [6, 6.07) is 5.26. The van der Waals surface area contributed by atoms with Gasteiger partial charge in [-0.15, -0.1) is 0 Å². The van der Waals surface area contributed by atoms with Gasteiger partial charge in [0.25, 0.3) is 0 Å². The van der Waals surface area contributed by atoms with Crippen LogP contribution in [0.4, 0.5) is 0 Å². The second-order valence-corrected chi connectivity index (χ2v) is 5.19. The van der Waals surface area contributed by atoms with Crippen molar-refractivity contribution in [3.05, 3.63) is 23.8 Å².